The van der Waals surface area contributed by atoms with E-state index in [4.69, 9.17) is 4.74 Å². The molecule has 8 rings (SSSR count). The molecule has 47 heavy (non-hydrogen) atoms. The highest BCUT2D eigenvalue weighted by molar-refractivity contribution is 6.39. The average molecular weight is 616 g/mol. The second kappa shape index (κ2) is 11.1. The van der Waals surface area contributed by atoms with Gasteiger partial charge in [-0.3, -0.25) is 14.4 Å². The van der Waals surface area contributed by atoms with Gasteiger partial charge in [0.25, 0.3) is 0 Å². The van der Waals surface area contributed by atoms with Crippen LogP contribution in [0.25, 0.3) is 11.1 Å². The summed E-state index contributed by atoms with van der Waals surface area (Å²) >= 11 is 0. The van der Waals surface area contributed by atoms with Crippen molar-refractivity contribution < 1.29 is 19.1 Å². The summed E-state index contributed by atoms with van der Waals surface area (Å²) in [5.41, 5.74) is 2.22. The predicted molar refractivity (Wildman–Crippen MR) is 183 cm³/mol. The molecule has 0 aromatic heterocycles. The van der Waals surface area contributed by atoms with Gasteiger partial charge in [-0.1, -0.05) is 140 Å². The van der Waals surface area contributed by atoms with Gasteiger partial charge in [0, 0.05) is 0 Å². The Bertz CT molecular complexity index is 1920. The lowest BCUT2D eigenvalue weighted by atomic mass is 9.59. The molecule has 1 saturated heterocycles. The Balaban J connectivity index is 1.52. The summed E-state index contributed by atoms with van der Waals surface area (Å²) in [4.78, 5) is 47.7. The molecule has 3 aliphatic rings. The number of amides is 2. The molecule has 2 amide bonds. The van der Waals surface area contributed by atoms with Gasteiger partial charge >= 0.3 is 0 Å². The molecule has 5 nitrogen and oxygen atoms in total. The quantitative estimate of drug-likeness (QED) is 0.168. The summed E-state index contributed by atoms with van der Waals surface area (Å²) in [6.45, 7) is 2.45. The van der Waals surface area contributed by atoms with Crippen molar-refractivity contribution in [3.63, 3.8) is 0 Å². The molecule has 230 valence electrons. The summed E-state index contributed by atoms with van der Waals surface area (Å²) in [5.74, 6) is -2.39. The standard InChI is InChI=1S/C42H33NO4/c1-2-27-47-33-26-16-15-25-32(33)43-38(44)36-37(39(43)45)42(31-23-13-6-14-24-31)35(29-19-9-4-10-20-29)34(28-17-7-3-8-18-28)41(36,40(42)46)30-21-11-5-12-22-30/h3-26,36-37H,2,27H2,1H3/t36-,37-,41-,42-/m0/s1. The number of nitrogens with zero attached hydrogens (tertiary/aromatic N) is 1. The number of imide groups is 1. The predicted octanol–water partition coefficient (Wildman–Crippen LogP) is 7.66. The lowest BCUT2D eigenvalue weighted by Crippen LogP contribution is -2.45. The van der Waals surface area contributed by atoms with E-state index in [0.29, 0.717) is 29.2 Å². The van der Waals surface area contributed by atoms with Crippen LogP contribution in [0.15, 0.2) is 146 Å². The molecule has 0 spiro atoms. The van der Waals surface area contributed by atoms with E-state index in [0.717, 1.165) is 28.7 Å². The Morgan fingerprint density at radius 3 is 1.40 bits per heavy atom. The third-order valence-electron chi connectivity index (χ3n) is 10.1. The van der Waals surface area contributed by atoms with Gasteiger partial charge < -0.3 is 4.74 Å². The van der Waals surface area contributed by atoms with Crippen LogP contribution >= 0.6 is 0 Å². The van der Waals surface area contributed by atoms with E-state index in [1.54, 1.807) is 12.1 Å². The van der Waals surface area contributed by atoms with E-state index in [1.165, 1.54) is 4.90 Å². The average Bonchev–Trinajstić information content (AvgIpc) is 3.64. The van der Waals surface area contributed by atoms with Gasteiger partial charge in [-0.05, 0) is 52.0 Å². The first kappa shape index (κ1) is 28.9. The summed E-state index contributed by atoms with van der Waals surface area (Å²) in [6, 6.07) is 46.2. The van der Waals surface area contributed by atoms with E-state index in [1.807, 2.05) is 140 Å². The Morgan fingerprint density at radius 2 is 0.957 bits per heavy atom. The summed E-state index contributed by atoms with van der Waals surface area (Å²) in [6.07, 6.45) is 0.773. The number of ether oxygens (including phenoxy) is 1. The number of hydrogen-bond acceptors (Lipinski definition) is 4. The highest BCUT2D eigenvalue weighted by Crippen LogP contribution is 2.74. The van der Waals surface area contributed by atoms with Gasteiger partial charge in [-0.15, -0.1) is 0 Å². The van der Waals surface area contributed by atoms with E-state index in [9.17, 15) is 0 Å². The van der Waals surface area contributed by atoms with Crippen molar-refractivity contribution in [2.45, 2.75) is 24.2 Å². The fourth-order valence-corrected chi connectivity index (χ4v) is 8.55. The van der Waals surface area contributed by atoms with Crippen LogP contribution in [0.3, 0.4) is 0 Å². The monoisotopic (exact) mass is 615 g/mol. The number of anilines is 1. The minimum Gasteiger partial charge on any atom is -0.491 e. The number of ketones is 1. The molecule has 0 unspecified atom stereocenters. The van der Waals surface area contributed by atoms with Gasteiger partial charge in [0.2, 0.25) is 11.8 Å². The number of rotatable bonds is 8. The number of benzene rings is 5. The number of para-hydroxylation sites is 2. The van der Waals surface area contributed by atoms with E-state index < -0.39 is 22.7 Å². The summed E-state index contributed by atoms with van der Waals surface area (Å²) in [5, 5.41) is 0. The molecule has 1 aliphatic heterocycles. The van der Waals surface area contributed by atoms with Gasteiger partial charge in [-0.2, -0.15) is 0 Å². The minimum absolute atomic E-state index is 0.132. The van der Waals surface area contributed by atoms with Gasteiger partial charge in [0.05, 0.1) is 35.0 Å². The largest absolute Gasteiger partial charge is 0.491 e. The molecule has 0 N–H and O–H groups in total. The van der Waals surface area contributed by atoms with Crippen molar-refractivity contribution in [2.24, 2.45) is 11.8 Å². The molecule has 0 radical (unpaired) electrons. The molecule has 5 aromatic carbocycles. The Labute approximate surface area is 274 Å². The third kappa shape index (κ3) is 3.80. The third-order valence-corrected chi connectivity index (χ3v) is 10.1. The smallest absolute Gasteiger partial charge is 0.239 e. The molecular weight excluding hydrogens is 582 g/mol. The number of allylic oxidation sites excluding steroid dienone is 2. The number of Topliss-reactive ketones (excluding diaryl/α,β-unsaturated/α-hetero) is 1. The SMILES string of the molecule is CCCOc1ccccc1N1C(=O)[C@@H]2[C@@H](C1=O)[C@@]1(c3ccccc3)C(=O)[C@@]2(c2ccccc2)C(c2ccccc2)=C1c1ccccc1. The molecule has 1 saturated carbocycles. The number of fused-ring (bicyclic) bond motifs is 5. The highest BCUT2D eigenvalue weighted by atomic mass is 16.5. The van der Waals surface area contributed by atoms with Crippen molar-refractivity contribution in [3.05, 3.63) is 168 Å². The summed E-state index contributed by atoms with van der Waals surface area (Å²) < 4.78 is 6.08. The maximum atomic E-state index is 15.9. The van der Waals surface area contributed by atoms with E-state index >= 15 is 14.4 Å². The molecule has 2 aliphatic carbocycles. The molecule has 2 fully saturated rings. The van der Waals surface area contributed by atoms with Gasteiger partial charge in [0.1, 0.15) is 5.75 Å². The second-order valence-corrected chi connectivity index (χ2v) is 12.4. The van der Waals surface area contributed by atoms with Crippen molar-refractivity contribution in [1.29, 1.82) is 0 Å². The summed E-state index contributed by atoms with van der Waals surface area (Å²) in [7, 11) is 0. The lowest BCUT2D eigenvalue weighted by Gasteiger charge is -2.39. The number of hydrogen-bond donors (Lipinski definition) is 0. The zero-order chi connectivity index (χ0) is 32.2. The maximum absolute atomic E-state index is 15.9. The van der Waals surface area contributed by atoms with Crippen LogP contribution in [0, 0.1) is 11.8 Å². The zero-order valence-corrected chi connectivity index (χ0v) is 26.0. The van der Waals surface area contributed by atoms with Crippen LogP contribution in [0.4, 0.5) is 5.69 Å². The van der Waals surface area contributed by atoms with Gasteiger partial charge in [-0.25, -0.2) is 4.90 Å². The Morgan fingerprint density at radius 1 is 0.553 bits per heavy atom. The van der Waals surface area contributed by atoms with Crippen LogP contribution in [-0.2, 0) is 25.2 Å². The van der Waals surface area contributed by atoms with Crippen molar-refractivity contribution in [3.8, 4) is 5.75 Å². The first-order valence-corrected chi connectivity index (χ1v) is 16.2. The first-order chi connectivity index (χ1) is 23.1. The van der Waals surface area contributed by atoms with Crippen LogP contribution in [0.1, 0.15) is 35.6 Å². The highest BCUT2D eigenvalue weighted by Gasteiger charge is 2.82. The molecule has 4 atom stereocenters. The Kier molecular flexibility index (Phi) is 6.80. The normalized spacial score (nSPS) is 24.6. The Hall–Kier alpha value is -5.55. The van der Waals surface area contributed by atoms with Crippen molar-refractivity contribution in [1.82, 2.24) is 0 Å². The second-order valence-electron chi connectivity index (χ2n) is 12.4. The maximum Gasteiger partial charge on any atom is 0.239 e. The fraction of sp³-hybridized carbons (Fsp3) is 0.167. The van der Waals surface area contributed by atoms with Crippen molar-refractivity contribution >= 4 is 34.4 Å². The topological polar surface area (TPSA) is 63.7 Å². The fourth-order valence-electron chi connectivity index (χ4n) is 8.55. The first-order valence-electron chi connectivity index (χ1n) is 16.2. The van der Waals surface area contributed by atoms with E-state index in [-0.39, 0.29) is 17.6 Å². The van der Waals surface area contributed by atoms with Gasteiger partial charge in [0.15, 0.2) is 5.78 Å². The minimum atomic E-state index is -1.44. The van der Waals surface area contributed by atoms with Crippen LogP contribution < -0.4 is 9.64 Å². The number of carbonyl (C=O) groups excluding carboxylic acids is 3. The molecular formula is C42H33NO4. The van der Waals surface area contributed by atoms with Crippen LogP contribution in [0.2, 0.25) is 0 Å². The van der Waals surface area contributed by atoms with Crippen LogP contribution in [0.5, 0.6) is 5.75 Å². The zero-order valence-electron chi connectivity index (χ0n) is 26.0. The van der Waals surface area contributed by atoms with E-state index in [2.05, 4.69) is 0 Å². The molecule has 5 aromatic rings. The molecule has 1 heterocycles. The van der Waals surface area contributed by atoms with Crippen molar-refractivity contribution in [2.75, 3.05) is 11.5 Å². The number of carbonyl (C=O) groups is 3. The molecule has 2 bridgehead atoms. The molecule has 5 heteroatoms. The lowest BCUT2D eigenvalue weighted by molar-refractivity contribution is -0.130. The van der Waals surface area contributed by atoms with Crippen LogP contribution in [-0.4, -0.2) is 24.2 Å².